The summed E-state index contributed by atoms with van der Waals surface area (Å²) in [4.78, 5) is 23.0. The first-order valence-electron chi connectivity index (χ1n) is 30.2. The topological polar surface area (TPSA) is 56.5 Å². The molecule has 12 aromatic carbocycles. The van der Waals surface area contributed by atoms with Crippen molar-refractivity contribution in [3.63, 3.8) is 0 Å². The monoisotopic (exact) mass is 1290 g/mol. The number of nitrogens with zero attached hydrogens (tertiary/aromatic N) is 5. The van der Waals surface area contributed by atoms with Crippen molar-refractivity contribution >= 4 is 161 Å². The lowest BCUT2D eigenvalue weighted by molar-refractivity contribution is 1.02. The molecule has 0 saturated carbocycles. The largest absolute Gasteiger partial charge is 0.275 e. The van der Waals surface area contributed by atoms with Gasteiger partial charge in [0.05, 0.1) is 42.9 Å². The van der Waals surface area contributed by atoms with Crippen molar-refractivity contribution < 1.29 is 0 Å². The highest BCUT2D eigenvalue weighted by Gasteiger charge is 2.28. The minimum Gasteiger partial charge on any atom is -0.275 e. The van der Waals surface area contributed by atoms with E-state index in [-0.39, 0.29) is 20.1 Å². The zero-order valence-electron chi connectivity index (χ0n) is 48.5. The Bertz CT molecular complexity index is 5900. The summed E-state index contributed by atoms with van der Waals surface area (Å²) in [5.74, 6) is 0.702. The van der Waals surface area contributed by atoms with Crippen LogP contribution >= 0.6 is 56.9 Å². The second-order valence-electron chi connectivity index (χ2n) is 22.8. The zero-order chi connectivity index (χ0) is 60.1. The molecule has 0 N–H and O–H groups in total. The number of aromatic nitrogens is 5. The van der Waals surface area contributed by atoms with Crippen LogP contribution in [0.4, 0.5) is 0 Å². The molecule has 1 aliphatic carbocycles. The summed E-state index contributed by atoms with van der Waals surface area (Å²) in [7, 11) is 0. The van der Waals surface area contributed by atoms with Crippen LogP contribution in [-0.2, 0) is 6.42 Å². The van der Waals surface area contributed by atoms with Gasteiger partial charge in [-0.05, 0) is 103 Å². The van der Waals surface area contributed by atoms with Gasteiger partial charge in [0, 0.05) is 78.4 Å². The molecule has 1 aliphatic rings. The zero-order valence-corrected chi connectivity index (χ0v) is 52.5. The third kappa shape index (κ3) is 9.86. The summed E-state index contributed by atoms with van der Waals surface area (Å²) >= 11 is 13.9. The molecule has 5 nitrogen and oxygen atoms in total. The van der Waals surface area contributed by atoms with Gasteiger partial charge in [-0.3, -0.25) is 4.57 Å². The average Bonchev–Trinajstić information content (AvgIpc) is 1.56. The van der Waals surface area contributed by atoms with E-state index in [2.05, 4.69) is 263 Å². The van der Waals surface area contributed by atoms with Gasteiger partial charge in [0.25, 0.3) is 0 Å². The molecule has 444 valence electrons. The van der Waals surface area contributed by atoms with Crippen LogP contribution in [-0.4, -0.2) is 24.5 Å². The summed E-state index contributed by atoms with van der Waals surface area (Å²) in [5, 5.41) is 12.2. The number of thiophene rings is 4. The van der Waals surface area contributed by atoms with Crippen LogP contribution in [0.5, 0.6) is 0 Å². The van der Waals surface area contributed by atoms with Gasteiger partial charge >= 0.3 is 0 Å². The van der Waals surface area contributed by atoms with Crippen molar-refractivity contribution in [1.29, 1.82) is 0 Å². The molecule has 10 heteroatoms. The maximum Gasteiger partial charge on any atom is 0.235 e. The summed E-state index contributed by atoms with van der Waals surface area (Å²) in [6.45, 7) is 0. The maximum absolute atomic E-state index is 6.28. The predicted molar refractivity (Wildman–Crippen MR) is 405 cm³/mol. The molecular formula is C83H56ClN5S4. The van der Waals surface area contributed by atoms with Crippen LogP contribution in [0, 0.1) is 0 Å². The van der Waals surface area contributed by atoms with Gasteiger partial charge in [0.2, 0.25) is 11.2 Å². The van der Waals surface area contributed by atoms with Crippen LogP contribution in [0.1, 0.15) is 26.0 Å². The Kier molecular flexibility index (Phi) is 14.8. The third-order valence-corrected chi connectivity index (χ3v) is 22.9. The molecule has 0 amide bonds. The lowest BCUT2D eigenvalue weighted by Crippen LogP contribution is -2.03. The first-order valence-corrected chi connectivity index (χ1v) is 33.9. The Hall–Kier alpha value is -10.2. The number of hydrogen-bond acceptors (Lipinski definition) is 8. The standard InChI is InChI=1S/C40H23N3S2.C24H15ClN2.C17H10S2.2CH4/c1-2-10-24(11-3-1)25-18-20-27(21-19-25)34-31-23-22-26-12-4-5-13-28(26)35(31)42-40(41-34)43-36-29-14-6-8-16-32(29)44-38(36)39-37(43)30-15-7-9-17-33(30)45-39;25-24-26-22(19-12-10-17(11-13-19)16-6-2-1-3-7-16)21-15-14-18-8-4-5-9-20(18)23(21)27-24;1-3-7-14-10(5-1)12-9-13-11-6-2-4-8-15(11)19-17(13)16(12)18-14;;/h1-23H;1-15H;1-8H,9H2;2*1H4. The minimum absolute atomic E-state index is 0. The van der Waals surface area contributed by atoms with E-state index in [9.17, 15) is 0 Å². The Labute approximate surface area is 558 Å². The molecule has 93 heavy (non-hydrogen) atoms. The lowest BCUT2D eigenvalue weighted by Gasteiger charge is -2.13. The summed E-state index contributed by atoms with van der Waals surface area (Å²) < 4.78 is 10.3. The van der Waals surface area contributed by atoms with Crippen molar-refractivity contribution in [2.24, 2.45) is 0 Å². The molecule has 0 atom stereocenters. The molecule has 7 aromatic heterocycles. The fourth-order valence-electron chi connectivity index (χ4n) is 13.4. The molecule has 0 saturated heterocycles. The third-order valence-electron chi connectivity index (χ3n) is 17.6. The van der Waals surface area contributed by atoms with Crippen molar-refractivity contribution in [2.45, 2.75) is 21.3 Å². The molecule has 0 aliphatic heterocycles. The van der Waals surface area contributed by atoms with Gasteiger partial charge in [-0.15, -0.1) is 45.3 Å². The number of benzene rings is 12. The molecule has 0 unspecified atom stereocenters. The number of fused-ring (bicyclic) bond motifs is 20. The van der Waals surface area contributed by atoms with Crippen LogP contribution in [0.3, 0.4) is 0 Å². The second kappa shape index (κ2) is 23.8. The van der Waals surface area contributed by atoms with Gasteiger partial charge in [0.1, 0.15) is 0 Å². The molecule has 0 spiro atoms. The highest BCUT2D eigenvalue weighted by molar-refractivity contribution is 7.33. The van der Waals surface area contributed by atoms with Gasteiger partial charge < -0.3 is 0 Å². The van der Waals surface area contributed by atoms with Crippen LogP contribution in [0.2, 0.25) is 5.28 Å². The van der Waals surface area contributed by atoms with Crippen molar-refractivity contribution in [2.75, 3.05) is 0 Å². The first kappa shape index (κ1) is 57.9. The van der Waals surface area contributed by atoms with Crippen molar-refractivity contribution in [3.8, 4) is 60.5 Å². The average molecular weight is 1290 g/mol. The molecule has 20 rings (SSSR count). The molecule has 19 aromatic rings. The molecule has 0 radical (unpaired) electrons. The fourth-order valence-corrected chi connectivity index (χ4v) is 18.7. The molecule has 0 fully saturated rings. The maximum atomic E-state index is 6.28. The van der Waals surface area contributed by atoms with E-state index >= 15 is 0 Å². The second-order valence-corrected chi connectivity index (χ2v) is 27.4. The van der Waals surface area contributed by atoms with Crippen LogP contribution < -0.4 is 0 Å². The smallest absolute Gasteiger partial charge is 0.235 e. The van der Waals surface area contributed by atoms with E-state index in [0.717, 1.165) is 66.9 Å². The van der Waals surface area contributed by atoms with Gasteiger partial charge in [-0.1, -0.05) is 258 Å². The normalized spacial score (nSPS) is 11.7. The molecular weight excluding hydrogens is 1230 g/mol. The summed E-state index contributed by atoms with van der Waals surface area (Å²) in [6, 6.07) is 98.4. The summed E-state index contributed by atoms with van der Waals surface area (Å²) in [5.41, 5.74) is 16.0. The van der Waals surface area contributed by atoms with E-state index in [1.165, 1.54) is 98.2 Å². The Balaban J connectivity index is 0.000000121. The van der Waals surface area contributed by atoms with Gasteiger partial charge in [-0.2, -0.15) is 0 Å². The quantitative estimate of drug-likeness (QED) is 0.127. The van der Waals surface area contributed by atoms with Gasteiger partial charge in [0.15, 0.2) is 0 Å². The molecule has 0 bridgehead atoms. The number of rotatable bonds is 5. The number of halogens is 1. The Morgan fingerprint density at radius 2 is 0.645 bits per heavy atom. The van der Waals surface area contributed by atoms with E-state index in [1.807, 2.05) is 75.7 Å². The predicted octanol–water partition coefficient (Wildman–Crippen LogP) is 25.4. The SMILES string of the molecule is C.C.Clc1nc(-c2ccc(-c3ccccc3)cc2)c2ccc3ccccc3c2n1.c1ccc(-c2ccc(-c3nc(-n4c5c6ccccc6sc5c5sc6ccccc6c54)nc4c3ccc3ccccc34)cc2)cc1.c1ccc2c3c(sc2c1)-c1sc2ccccc2c1C3. The minimum atomic E-state index is 0. The van der Waals surface area contributed by atoms with Crippen molar-refractivity contribution in [3.05, 3.63) is 295 Å². The highest BCUT2D eigenvalue weighted by Crippen LogP contribution is 2.53. The van der Waals surface area contributed by atoms with E-state index in [1.54, 1.807) is 11.1 Å². The van der Waals surface area contributed by atoms with E-state index in [4.69, 9.17) is 21.6 Å². The van der Waals surface area contributed by atoms with Crippen LogP contribution in [0.15, 0.2) is 279 Å². The molecule has 7 heterocycles. The fraction of sp³-hybridized carbons (Fsp3) is 0.0361. The van der Waals surface area contributed by atoms with E-state index in [0.29, 0.717) is 5.95 Å². The van der Waals surface area contributed by atoms with Crippen molar-refractivity contribution in [1.82, 2.24) is 24.5 Å². The highest BCUT2D eigenvalue weighted by atomic mass is 35.5. The Morgan fingerprint density at radius 1 is 0.290 bits per heavy atom. The van der Waals surface area contributed by atoms with E-state index < -0.39 is 0 Å². The summed E-state index contributed by atoms with van der Waals surface area (Å²) in [6.07, 6.45) is 1.11. The number of hydrogen-bond donors (Lipinski definition) is 0. The van der Waals surface area contributed by atoms with Gasteiger partial charge in [-0.25, -0.2) is 19.9 Å². The lowest BCUT2D eigenvalue weighted by atomic mass is 9.99. The first-order chi connectivity index (χ1) is 45.0. The van der Waals surface area contributed by atoms with Crippen LogP contribution in [0.25, 0.3) is 165 Å². The Morgan fingerprint density at radius 3 is 1.11 bits per heavy atom.